The maximum atomic E-state index is 12.6. The van der Waals surface area contributed by atoms with Gasteiger partial charge in [-0.2, -0.15) is 0 Å². The van der Waals surface area contributed by atoms with Gasteiger partial charge in [-0.05, 0) is 57.2 Å². The van der Waals surface area contributed by atoms with Gasteiger partial charge in [-0.25, -0.2) is 0 Å². The van der Waals surface area contributed by atoms with Crippen molar-refractivity contribution >= 4 is 28.9 Å². The van der Waals surface area contributed by atoms with Gasteiger partial charge in [0.2, 0.25) is 0 Å². The standard InChI is InChI=1S/C21H25ClN2O3/c1-4-24(14(2)3)17-8-6-16(7-9-17)23-21(25)15-12-18(22)20-19(13-15)26-10-5-11-27-20/h6-9,12-14H,4-5,10-11H2,1-3H3,(H,23,25). The van der Waals surface area contributed by atoms with Crippen molar-refractivity contribution in [3.8, 4) is 11.5 Å². The van der Waals surface area contributed by atoms with Crippen molar-refractivity contribution in [1.82, 2.24) is 0 Å². The van der Waals surface area contributed by atoms with Crippen LogP contribution in [0.1, 0.15) is 37.6 Å². The molecule has 0 unspecified atom stereocenters. The lowest BCUT2D eigenvalue weighted by Gasteiger charge is -2.27. The molecule has 2 aromatic carbocycles. The Kier molecular flexibility index (Phi) is 6.11. The zero-order chi connectivity index (χ0) is 19.4. The highest BCUT2D eigenvalue weighted by molar-refractivity contribution is 6.32. The number of hydrogen-bond donors (Lipinski definition) is 1. The van der Waals surface area contributed by atoms with Gasteiger partial charge in [-0.1, -0.05) is 11.6 Å². The number of ether oxygens (including phenoxy) is 2. The Morgan fingerprint density at radius 2 is 1.89 bits per heavy atom. The minimum atomic E-state index is -0.239. The van der Waals surface area contributed by atoms with Gasteiger partial charge in [-0.3, -0.25) is 4.79 Å². The molecule has 1 N–H and O–H groups in total. The summed E-state index contributed by atoms with van der Waals surface area (Å²) in [6.45, 7) is 8.47. The van der Waals surface area contributed by atoms with Crippen molar-refractivity contribution in [3.63, 3.8) is 0 Å². The maximum Gasteiger partial charge on any atom is 0.255 e. The fourth-order valence-electron chi connectivity index (χ4n) is 3.15. The highest BCUT2D eigenvalue weighted by atomic mass is 35.5. The van der Waals surface area contributed by atoms with Crippen LogP contribution in [0.3, 0.4) is 0 Å². The fraction of sp³-hybridized carbons (Fsp3) is 0.381. The van der Waals surface area contributed by atoms with Gasteiger partial charge in [0.25, 0.3) is 5.91 Å². The molecule has 3 rings (SSSR count). The first-order valence-electron chi connectivity index (χ1n) is 9.26. The van der Waals surface area contributed by atoms with Gasteiger partial charge in [0.05, 0.1) is 18.2 Å². The topological polar surface area (TPSA) is 50.8 Å². The molecule has 5 nitrogen and oxygen atoms in total. The Hall–Kier alpha value is -2.40. The second-order valence-corrected chi connectivity index (χ2v) is 7.12. The van der Waals surface area contributed by atoms with Crippen LogP contribution in [0.15, 0.2) is 36.4 Å². The molecule has 1 aliphatic heterocycles. The normalized spacial score (nSPS) is 13.2. The molecule has 0 saturated carbocycles. The zero-order valence-corrected chi connectivity index (χ0v) is 16.7. The molecular weight excluding hydrogens is 364 g/mol. The summed E-state index contributed by atoms with van der Waals surface area (Å²) < 4.78 is 11.3. The van der Waals surface area contributed by atoms with E-state index in [1.807, 2.05) is 24.3 Å². The van der Waals surface area contributed by atoms with Gasteiger partial charge < -0.3 is 19.7 Å². The minimum absolute atomic E-state index is 0.239. The predicted octanol–water partition coefficient (Wildman–Crippen LogP) is 4.99. The zero-order valence-electron chi connectivity index (χ0n) is 15.9. The number of anilines is 2. The molecule has 1 aliphatic rings. The van der Waals surface area contributed by atoms with E-state index in [9.17, 15) is 4.79 Å². The summed E-state index contributed by atoms with van der Waals surface area (Å²) in [5.41, 5.74) is 2.29. The number of hydrogen-bond acceptors (Lipinski definition) is 4. The summed E-state index contributed by atoms with van der Waals surface area (Å²) in [7, 11) is 0. The van der Waals surface area contributed by atoms with Crippen LogP contribution in [-0.4, -0.2) is 31.7 Å². The van der Waals surface area contributed by atoms with Crippen molar-refractivity contribution in [3.05, 3.63) is 47.0 Å². The Morgan fingerprint density at radius 1 is 1.19 bits per heavy atom. The number of carbonyl (C=O) groups excluding carboxylic acids is 1. The Balaban J connectivity index is 1.76. The number of amides is 1. The van der Waals surface area contributed by atoms with Crippen LogP contribution >= 0.6 is 11.6 Å². The lowest BCUT2D eigenvalue weighted by Crippen LogP contribution is -2.30. The third kappa shape index (κ3) is 4.48. The number of benzene rings is 2. The molecule has 0 bridgehead atoms. The molecule has 0 saturated heterocycles. The van der Waals surface area contributed by atoms with E-state index in [1.165, 1.54) is 0 Å². The SMILES string of the molecule is CCN(c1ccc(NC(=O)c2cc(Cl)c3c(c2)OCCCO3)cc1)C(C)C. The third-order valence-corrected chi connectivity index (χ3v) is 4.77. The molecular formula is C21H25ClN2O3. The summed E-state index contributed by atoms with van der Waals surface area (Å²) in [6.07, 6.45) is 0.782. The molecule has 0 atom stereocenters. The van der Waals surface area contributed by atoms with Crippen LogP contribution in [0, 0.1) is 0 Å². The van der Waals surface area contributed by atoms with Crippen LogP contribution in [0.5, 0.6) is 11.5 Å². The number of fused-ring (bicyclic) bond motifs is 1. The fourth-order valence-corrected chi connectivity index (χ4v) is 3.41. The van der Waals surface area contributed by atoms with Crippen molar-refractivity contribution in [2.75, 3.05) is 30.0 Å². The summed E-state index contributed by atoms with van der Waals surface area (Å²) in [5, 5.41) is 3.29. The predicted molar refractivity (Wildman–Crippen MR) is 110 cm³/mol. The number of nitrogens with one attached hydrogen (secondary N) is 1. The third-order valence-electron chi connectivity index (χ3n) is 4.49. The average molecular weight is 389 g/mol. The molecule has 6 heteroatoms. The molecule has 0 spiro atoms. The summed E-state index contributed by atoms with van der Waals surface area (Å²) in [5.74, 6) is 0.774. The number of halogens is 1. The van der Waals surface area contributed by atoms with E-state index in [1.54, 1.807) is 12.1 Å². The number of carbonyl (C=O) groups is 1. The first-order valence-corrected chi connectivity index (χ1v) is 9.64. The van der Waals surface area contributed by atoms with Crippen LogP contribution in [-0.2, 0) is 0 Å². The second kappa shape index (κ2) is 8.53. The molecule has 0 radical (unpaired) electrons. The van der Waals surface area contributed by atoms with E-state index >= 15 is 0 Å². The molecule has 0 aromatic heterocycles. The summed E-state index contributed by atoms with van der Waals surface area (Å²) in [6, 6.07) is 11.5. The molecule has 144 valence electrons. The minimum Gasteiger partial charge on any atom is -0.489 e. The average Bonchev–Trinajstić information content (AvgIpc) is 2.89. The second-order valence-electron chi connectivity index (χ2n) is 6.72. The van der Waals surface area contributed by atoms with Gasteiger partial charge in [0.15, 0.2) is 11.5 Å². The first kappa shape index (κ1) is 19.4. The number of nitrogens with zero attached hydrogens (tertiary/aromatic N) is 1. The monoisotopic (exact) mass is 388 g/mol. The van der Waals surface area contributed by atoms with E-state index in [0.717, 1.165) is 24.3 Å². The highest BCUT2D eigenvalue weighted by Crippen LogP contribution is 2.38. The van der Waals surface area contributed by atoms with Crippen molar-refractivity contribution < 1.29 is 14.3 Å². The Labute approximate surface area is 165 Å². The van der Waals surface area contributed by atoms with Crippen LogP contribution in [0.25, 0.3) is 0 Å². The van der Waals surface area contributed by atoms with Gasteiger partial charge >= 0.3 is 0 Å². The lowest BCUT2D eigenvalue weighted by atomic mass is 10.1. The van der Waals surface area contributed by atoms with E-state index in [-0.39, 0.29) is 5.91 Å². The summed E-state index contributed by atoms with van der Waals surface area (Å²) in [4.78, 5) is 14.9. The quantitative estimate of drug-likeness (QED) is 0.784. The Bertz CT molecular complexity index is 806. The highest BCUT2D eigenvalue weighted by Gasteiger charge is 2.18. The van der Waals surface area contributed by atoms with Crippen molar-refractivity contribution in [2.45, 2.75) is 33.2 Å². The summed E-state index contributed by atoms with van der Waals surface area (Å²) >= 11 is 6.28. The van der Waals surface area contributed by atoms with Crippen molar-refractivity contribution in [2.24, 2.45) is 0 Å². The largest absolute Gasteiger partial charge is 0.489 e. The van der Waals surface area contributed by atoms with E-state index in [4.69, 9.17) is 21.1 Å². The van der Waals surface area contributed by atoms with E-state index in [0.29, 0.717) is 41.3 Å². The van der Waals surface area contributed by atoms with Gasteiger partial charge in [-0.15, -0.1) is 0 Å². The first-order chi connectivity index (χ1) is 13.0. The lowest BCUT2D eigenvalue weighted by molar-refractivity contribution is 0.102. The van der Waals surface area contributed by atoms with E-state index < -0.39 is 0 Å². The van der Waals surface area contributed by atoms with Crippen LogP contribution in [0.2, 0.25) is 5.02 Å². The Morgan fingerprint density at radius 3 is 2.56 bits per heavy atom. The van der Waals surface area contributed by atoms with Crippen LogP contribution < -0.4 is 19.7 Å². The maximum absolute atomic E-state index is 12.6. The van der Waals surface area contributed by atoms with Gasteiger partial charge in [0.1, 0.15) is 0 Å². The number of rotatable bonds is 5. The molecule has 2 aromatic rings. The molecule has 27 heavy (non-hydrogen) atoms. The smallest absolute Gasteiger partial charge is 0.255 e. The molecule has 1 amide bonds. The molecule has 0 fully saturated rings. The molecule has 1 heterocycles. The molecule has 0 aliphatic carbocycles. The van der Waals surface area contributed by atoms with E-state index in [2.05, 4.69) is 31.0 Å². The van der Waals surface area contributed by atoms with Crippen LogP contribution in [0.4, 0.5) is 11.4 Å². The van der Waals surface area contributed by atoms with Gasteiger partial charge in [0, 0.05) is 35.9 Å². The van der Waals surface area contributed by atoms with Crippen molar-refractivity contribution in [1.29, 1.82) is 0 Å².